The first-order chi connectivity index (χ1) is 40.2. The van der Waals surface area contributed by atoms with Crippen molar-refractivity contribution in [3.05, 3.63) is 309 Å². The molecule has 0 aliphatic carbocycles. The number of nitrogens with zero attached hydrogens (tertiary/aromatic N) is 3. The van der Waals surface area contributed by atoms with Gasteiger partial charge in [0.05, 0.1) is 5.56 Å². The van der Waals surface area contributed by atoms with E-state index in [1.54, 1.807) is 0 Å². The molecular weight excluding hydrogens is 1010 g/mol. The Bertz CT molecular complexity index is 4390. The van der Waals surface area contributed by atoms with Gasteiger partial charge in [-0.15, -0.1) is 0 Å². The number of alkyl halides is 3. The molecule has 1 aromatic heterocycles. The van der Waals surface area contributed by atoms with Crippen LogP contribution < -0.4 is 0 Å². The van der Waals surface area contributed by atoms with Crippen molar-refractivity contribution in [1.29, 1.82) is 0 Å². The van der Waals surface area contributed by atoms with E-state index in [-0.39, 0.29) is 0 Å². The topological polar surface area (TPSA) is 38.7 Å². The first kappa shape index (κ1) is 50.9. The smallest absolute Gasteiger partial charge is 0.208 e. The number of benzene rings is 12. The summed E-state index contributed by atoms with van der Waals surface area (Å²) in [6.45, 7) is 0. The number of rotatable bonds is 12. The van der Waals surface area contributed by atoms with Crippen LogP contribution in [0.4, 0.5) is 13.2 Å². The Morgan fingerprint density at radius 1 is 0.171 bits per heavy atom. The summed E-state index contributed by atoms with van der Waals surface area (Å²) in [6, 6.07) is 101. The van der Waals surface area contributed by atoms with Crippen LogP contribution in [-0.2, 0) is 6.18 Å². The van der Waals surface area contributed by atoms with Crippen molar-refractivity contribution < 1.29 is 13.2 Å². The highest BCUT2D eigenvalue weighted by Gasteiger charge is 2.31. The lowest BCUT2D eigenvalue weighted by Crippen LogP contribution is -2.05. The summed E-state index contributed by atoms with van der Waals surface area (Å²) in [5.74, 6) is 1.40. The molecule has 0 amide bonds. The second-order valence-electron chi connectivity index (χ2n) is 20.3. The SMILES string of the molecule is FC(F)(F)c1cc(-c2ccc(-c3nc(-c4ccc(-c5cccc(-c6ccccc6)c5)cc4)nc(-c4ccc(-c5cccc(-c6cccc(-c7cccc(-c8ccccc8)c7)c6)c5)cc4)n3)cc2)cc(-c2cccc(-c3ccccc3)c2)c1. The van der Waals surface area contributed by atoms with Crippen molar-refractivity contribution in [2.24, 2.45) is 0 Å². The third kappa shape index (κ3) is 11.1. The van der Waals surface area contributed by atoms with E-state index in [1.807, 2.05) is 133 Å². The Hall–Kier alpha value is -10.6. The molecule has 0 spiro atoms. The summed E-state index contributed by atoms with van der Waals surface area (Å²) in [4.78, 5) is 15.2. The lowest BCUT2D eigenvalue weighted by molar-refractivity contribution is -0.137. The first-order valence-electron chi connectivity index (χ1n) is 27.2. The Labute approximate surface area is 475 Å². The number of aromatic nitrogens is 3. The second kappa shape index (κ2) is 22.3. The van der Waals surface area contributed by atoms with Crippen molar-refractivity contribution in [1.82, 2.24) is 15.0 Å². The van der Waals surface area contributed by atoms with E-state index in [1.165, 1.54) is 23.3 Å². The minimum atomic E-state index is -4.56. The summed E-state index contributed by atoms with van der Waals surface area (Å²) in [6.07, 6.45) is -4.56. The highest BCUT2D eigenvalue weighted by molar-refractivity contribution is 5.82. The van der Waals surface area contributed by atoms with E-state index in [9.17, 15) is 13.2 Å². The molecule has 0 atom stereocenters. The van der Waals surface area contributed by atoms with Crippen LogP contribution >= 0.6 is 0 Å². The fraction of sp³-hybridized carbons (Fsp3) is 0.0132. The molecule has 0 aliphatic heterocycles. The van der Waals surface area contributed by atoms with Crippen LogP contribution in [0.3, 0.4) is 0 Å². The fourth-order valence-corrected chi connectivity index (χ4v) is 10.6. The molecule has 13 aromatic rings. The van der Waals surface area contributed by atoms with Crippen molar-refractivity contribution >= 4 is 0 Å². The molecule has 13 rings (SSSR count). The van der Waals surface area contributed by atoms with Gasteiger partial charge in [-0.3, -0.25) is 0 Å². The molecule has 0 unspecified atom stereocenters. The average molecular weight is 1060 g/mol. The monoisotopic (exact) mass is 1060 g/mol. The van der Waals surface area contributed by atoms with Gasteiger partial charge in [0.25, 0.3) is 0 Å². The quantitative estimate of drug-likeness (QED) is 0.122. The molecule has 6 heteroatoms. The summed E-state index contributed by atoms with van der Waals surface area (Å²) < 4.78 is 43.9. The molecule has 1 heterocycles. The zero-order valence-electron chi connectivity index (χ0n) is 44.3. The molecule has 0 saturated carbocycles. The molecule has 3 nitrogen and oxygen atoms in total. The van der Waals surface area contributed by atoms with Gasteiger partial charge in [-0.1, -0.05) is 255 Å². The van der Waals surface area contributed by atoms with Crippen LogP contribution in [0.1, 0.15) is 5.56 Å². The molecule has 0 aliphatic rings. The van der Waals surface area contributed by atoms with Crippen LogP contribution in [0, 0.1) is 0 Å². The molecule has 0 radical (unpaired) electrons. The lowest BCUT2D eigenvalue weighted by atomic mass is 9.93. The van der Waals surface area contributed by atoms with Gasteiger partial charge in [0.2, 0.25) is 0 Å². The van der Waals surface area contributed by atoms with Gasteiger partial charge in [0.15, 0.2) is 17.5 Å². The first-order valence-corrected chi connectivity index (χ1v) is 27.2. The number of hydrogen-bond acceptors (Lipinski definition) is 3. The van der Waals surface area contributed by atoms with E-state index >= 15 is 0 Å². The molecule has 0 saturated heterocycles. The van der Waals surface area contributed by atoms with Crippen molar-refractivity contribution in [3.8, 4) is 134 Å². The van der Waals surface area contributed by atoms with Crippen molar-refractivity contribution in [2.75, 3.05) is 0 Å². The Morgan fingerprint density at radius 2 is 0.354 bits per heavy atom. The van der Waals surface area contributed by atoms with E-state index in [0.717, 1.165) is 77.9 Å². The van der Waals surface area contributed by atoms with Crippen LogP contribution in [0.25, 0.3) is 134 Å². The number of halogens is 3. The van der Waals surface area contributed by atoms with Gasteiger partial charge >= 0.3 is 6.18 Å². The zero-order valence-corrected chi connectivity index (χ0v) is 44.3. The highest BCUT2D eigenvalue weighted by atomic mass is 19.4. The van der Waals surface area contributed by atoms with Crippen LogP contribution in [0.15, 0.2) is 303 Å². The predicted molar refractivity (Wildman–Crippen MR) is 330 cm³/mol. The van der Waals surface area contributed by atoms with E-state index in [4.69, 9.17) is 15.0 Å². The van der Waals surface area contributed by atoms with Crippen molar-refractivity contribution in [3.63, 3.8) is 0 Å². The lowest BCUT2D eigenvalue weighted by Gasteiger charge is -2.14. The molecular formula is C76H50F3N3. The summed E-state index contributed by atoms with van der Waals surface area (Å²) >= 11 is 0. The van der Waals surface area contributed by atoms with E-state index in [0.29, 0.717) is 45.3 Å². The van der Waals surface area contributed by atoms with Crippen molar-refractivity contribution in [2.45, 2.75) is 6.18 Å². The van der Waals surface area contributed by atoms with Gasteiger partial charge < -0.3 is 0 Å². The summed E-state index contributed by atoms with van der Waals surface area (Å²) in [5, 5.41) is 0. The third-order valence-corrected chi connectivity index (χ3v) is 15.0. The van der Waals surface area contributed by atoms with Gasteiger partial charge in [0.1, 0.15) is 0 Å². The minimum Gasteiger partial charge on any atom is -0.208 e. The van der Waals surface area contributed by atoms with Crippen LogP contribution in [0.5, 0.6) is 0 Å². The average Bonchev–Trinajstić information content (AvgIpc) is 3.68. The Morgan fingerprint density at radius 3 is 0.622 bits per heavy atom. The van der Waals surface area contributed by atoms with Crippen LogP contribution in [-0.4, -0.2) is 15.0 Å². The Balaban J connectivity index is 0.831. The van der Waals surface area contributed by atoms with Gasteiger partial charge in [-0.05, 0) is 149 Å². The number of hydrogen-bond donors (Lipinski definition) is 0. The molecule has 0 bridgehead atoms. The maximum Gasteiger partial charge on any atom is 0.416 e. The molecule has 390 valence electrons. The van der Waals surface area contributed by atoms with E-state index in [2.05, 4.69) is 158 Å². The summed E-state index contributed by atoms with van der Waals surface area (Å²) in [5.41, 5.74) is 19.1. The maximum absolute atomic E-state index is 14.6. The predicted octanol–water partition coefficient (Wildman–Crippen LogP) is 20.9. The highest BCUT2D eigenvalue weighted by Crippen LogP contribution is 2.39. The molecule has 12 aromatic carbocycles. The van der Waals surface area contributed by atoms with E-state index < -0.39 is 11.7 Å². The Kier molecular flexibility index (Phi) is 13.8. The van der Waals surface area contributed by atoms with Gasteiger partial charge in [-0.2, -0.15) is 13.2 Å². The molecule has 0 N–H and O–H groups in total. The third-order valence-electron chi connectivity index (χ3n) is 15.0. The standard InChI is InChI=1S/C76H50F3N3/c77-76(78,79)72-49-70(48-71(50-72)69-30-13-23-62(46-69)53-19-8-3-9-20-53)56-35-41-59(42-36-56)75-81-73(57-37-31-54(32-38-57)63-24-10-21-60(43-63)51-15-4-1-5-16-51)80-74(82-75)58-39-33-55(34-40-58)64-25-12-27-66(45-64)68-29-14-28-67(47-68)65-26-11-22-61(44-65)52-17-6-2-7-18-52/h1-50H. The van der Waals surface area contributed by atoms with Gasteiger partial charge in [-0.25, -0.2) is 15.0 Å². The maximum atomic E-state index is 14.6. The molecule has 82 heavy (non-hydrogen) atoms. The fourth-order valence-electron chi connectivity index (χ4n) is 10.6. The van der Waals surface area contributed by atoms with Crippen LogP contribution in [0.2, 0.25) is 0 Å². The molecule has 0 fully saturated rings. The normalized spacial score (nSPS) is 11.4. The van der Waals surface area contributed by atoms with Gasteiger partial charge in [0, 0.05) is 16.7 Å². The summed E-state index contributed by atoms with van der Waals surface area (Å²) in [7, 11) is 0. The largest absolute Gasteiger partial charge is 0.416 e. The zero-order chi connectivity index (χ0) is 55.4. The minimum absolute atomic E-state index is 0.430. The second-order valence-corrected chi connectivity index (χ2v) is 20.3.